The first kappa shape index (κ1) is 65.6. The first-order valence-corrected chi connectivity index (χ1v) is 27.3. The fraction of sp³-hybridized carbons (Fsp3) is 0.611. The highest BCUT2D eigenvalue weighted by Gasteiger charge is 2.57. The number of fused-ring (bicyclic) bond motifs is 1. The Kier molecular flexibility index (Phi) is 23.8. The van der Waals surface area contributed by atoms with Crippen molar-refractivity contribution in [1.82, 2.24) is 15.1 Å². The molecule has 0 aromatic heterocycles. The summed E-state index contributed by atoms with van der Waals surface area (Å²) in [5, 5.41) is 13.8. The van der Waals surface area contributed by atoms with E-state index in [2.05, 4.69) is 33.2 Å². The van der Waals surface area contributed by atoms with Gasteiger partial charge in [-0.25, -0.2) is 22.4 Å². The molecular weight excluding hydrogens is 1070 g/mol. The first-order chi connectivity index (χ1) is 35.4. The van der Waals surface area contributed by atoms with Crippen molar-refractivity contribution in [2.24, 2.45) is 16.6 Å². The van der Waals surface area contributed by atoms with Gasteiger partial charge in [0.2, 0.25) is 25.0 Å². The third-order valence-corrected chi connectivity index (χ3v) is 14.3. The topological polar surface area (TPSA) is 198 Å². The number of rotatable bonds is 11. The number of nitrogens with one attached hydrogen (secondary N) is 1. The molecule has 0 aliphatic carbocycles. The number of esters is 1. The summed E-state index contributed by atoms with van der Waals surface area (Å²) in [7, 11) is 4.66. The zero-order valence-electron chi connectivity index (χ0n) is 45.6. The molecule has 5 aliphatic rings. The van der Waals surface area contributed by atoms with E-state index in [1.54, 1.807) is 36.6 Å². The van der Waals surface area contributed by atoms with Crippen LogP contribution in [0.5, 0.6) is 0 Å². The molecule has 0 saturated carbocycles. The van der Waals surface area contributed by atoms with E-state index in [0.717, 1.165) is 30.0 Å². The molecule has 10 atom stereocenters. The Labute approximate surface area is 464 Å². The lowest BCUT2D eigenvalue weighted by Gasteiger charge is -2.45. The molecule has 3 amide bonds. The van der Waals surface area contributed by atoms with Crippen LogP contribution < -0.4 is 11.1 Å². The van der Waals surface area contributed by atoms with E-state index in [1.807, 2.05) is 52.8 Å². The molecule has 16 nitrogen and oxygen atoms in total. The largest absolute Gasteiger partial charge is 0.454 e. The van der Waals surface area contributed by atoms with E-state index in [0.29, 0.717) is 41.5 Å². The Hall–Kier alpha value is -3.94. The highest BCUT2D eigenvalue weighted by molar-refractivity contribution is 7.99. The molecule has 0 spiro atoms. The molecule has 5 saturated heterocycles. The van der Waals surface area contributed by atoms with E-state index in [-0.39, 0.29) is 54.2 Å². The molecule has 0 radical (unpaired) electrons. The van der Waals surface area contributed by atoms with Crippen molar-refractivity contribution in [2.75, 3.05) is 43.2 Å². The normalized spacial score (nSPS) is 28.0. The van der Waals surface area contributed by atoms with Crippen LogP contribution in [0, 0.1) is 41.2 Å². The molecule has 0 bridgehead atoms. The molecule has 4 N–H and O–H groups in total. The third kappa shape index (κ3) is 19.1. The molecule has 2 aromatic carbocycles. The Morgan fingerprint density at radius 3 is 1.79 bits per heavy atom. The van der Waals surface area contributed by atoms with Crippen LogP contribution in [0.2, 0.25) is 0 Å². The van der Waals surface area contributed by atoms with Gasteiger partial charge in [-0.15, -0.1) is 12.4 Å². The lowest BCUT2D eigenvalue weighted by molar-refractivity contribution is -0.334. The van der Waals surface area contributed by atoms with Crippen LogP contribution >= 0.6 is 35.9 Å². The van der Waals surface area contributed by atoms with Gasteiger partial charge in [-0.3, -0.25) is 14.4 Å². The van der Waals surface area contributed by atoms with Crippen LogP contribution in [0.3, 0.4) is 0 Å². The minimum absolute atomic E-state index is 0. The Bertz CT molecular complexity index is 2390. The number of halogens is 5. The average Bonchev–Trinajstić information content (AvgIpc) is 3.43. The number of carbonyl (C=O) groups is 4. The van der Waals surface area contributed by atoms with Gasteiger partial charge in [0, 0.05) is 56.3 Å². The van der Waals surface area contributed by atoms with Crippen molar-refractivity contribution in [2.45, 2.75) is 155 Å². The van der Waals surface area contributed by atoms with E-state index in [9.17, 15) is 41.8 Å². The number of methoxy groups -OCH3 is 1. The summed E-state index contributed by atoms with van der Waals surface area (Å²) >= 11 is 3.12. The highest BCUT2D eigenvalue weighted by atomic mass is 35.5. The van der Waals surface area contributed by atoms with Gasteiger partial charge in [-0.1, -0.05) is 78.0 Å². The predicted octanol–water partition coefficient (Wildman–Crippen LogP) is 7.02. The minimum atomic E-state index is -1.22. The van der Waals surface area contributed by atoms with Crippen molar-refractivity contribution in [3.63, 3.8) is 0 Å². The van der Waals surface area contributed by atoms with Crippen LogP contribution in [0.1, 0.15) is 80.4 Å². The molecule has 2 aromatic rings. The van der Waals surface area contributed by atoms with Crippen LogP contribution in [-0.2, 0) is 65.4 Å². The maximum absolute atomic E-state index is 13.7. The van der Waals surface area contributed by atoms with E-state index in [4.69, 9.17) is 38.9 Å². The Morgan fingerprint density at radius 1 is 0.792 bits per heavy atom. The van der Waals surface area contributed by atoms with Gasteiger partial charge in [0.05, 0.1) is 6.04 Å². The number of nitrogens with two attached hydrogens (primary N) is 1. The number of benzene rings is 2. The predicted molar refractivity (Wildman–Crippen MR) is 287 cm³/mol. The maximum atomic E-state index is 13.7. The third-order valence-electron chi connectivity index (χ3n) is 12.2. The lowest BCUT2D eigenvalue weighted by Crippen LogP contribution is -2.62. The first-order valence-electron chi connectivity index (χ1n) is 25.0. The van der Waals surface area contributed by atoms with Crippen LogP contribution in [0.15, 0.2) is 60.7 Å². The smallest absolute Gasteiger partial charge is 0.343 e. The summed E-state index contributed by atoms with van der Waals surface area (Å²) < 4.78 is 92.1. The minimum Gasteiger partial charge on any atom is -0.454 e. The fourth-order valence-electron chi connectivity index (χ4n) is 8.55. The maximum Gasteiger partial charge on any atom is 0.343 e. The van der Waals surface area contributed by atoms with Crippen molar-refractivity contribution in [3.05, 3.63) is 102 Å². The zero-order chi connectivity index (χ0) is 56.5. The summed E-state index contributed by atoms with van der Waals surface area (Å²) in [6.07, 6.45) is 1.27. The van der Waals surface area contributed by atoms with Crippen LogP contribution in [0.4, 0.5) is 17.6 Å². The van der Waals surface area contributed by atoms with Gasteiger partial charge < -0.3 is 54.4 Å². The van der Waals surface area contributed by atoms with Gasteiger partial charge >= 0.3 is 5.97 Å². The second kappa shape index (κ2) is 28.0. The number of aliphatic hydroxyl groups is 1. The van der Waals surface area contributed by atoms with E-state index < -0.39 is 102 Å². The number of amides is 3. The molecular formula is C54H76ClF4N4O12S2+. The monoisotopic (exact) mass is 1150 g/mol. The standard InChI is InChI=1S/C27H38F2N2O6S.C15H23O5.C12H14F2N2OS.ClH/c1-26(2,3)10-9-20-21(32)22(37-27(4,5)36-20)23(35-6)24(33)30-19-15-38-12-11-31(25(19)34)14-16-7-8-17(28)18(29)13-16;1-14(2,3)8-7-9-10-11(20-15(4,5)19-9)12(17-6)13(16)18-10;13-9-2-1-8(5-10(9)14)6-16-3-4-18-7-11(15)12(16)17;/h7-10,13,19-23,32H,11-12,14-15H2,1-6H3,(H,30,33);7-12H,6H2,1-5H3;1-2,5,11H,3-4,6-7,15H2;1H/q;+1;;/b10-9+;8-7+;;/t19?,20-,21+,22-,23-;9-,10+,11-,12-;;/m11../s1. The van der Waals surface area contributed by atoms with Crippen molar-refractivity contribution >= 4 is 59.6 Å². The van der Waals surface area contributed by atoms with Gasteiger partial charge in [-0.05, 0) is 73.9 Å². The SMILES string of the molecule is CO[C@@H](C(=O)NC1CSCCN(Cc2ccc(F)c(F)c2)C1=O)[C@@H]1OC(C)(C)O[C@H](/C=C/C(C)(C)C)[C@@H]1O.Cl.NC1CSCCN(Cc2ccc(F)c(F)c2)C1=O.[CH2+]O[C@H]1C(=O)O[C@@H]2[C@H]1OC(C)(C)O[C@@H]2/C=C/C(C)(C)C. The van der Waals surface area contributed by atoms with E-state index >= 15 is 0 Å². The molecule has 430 valence electrons. The second-order valence-electron chi connectivity index (χ2n) is 22.0. The van der Waals surface area contributed by atoms with Crippen LogP contribution in [0.25, 0.3) is 0 Å². The van der Waals surface area contributed by atoms with Crippen molar-refractivity contribution in [3.8, 4) is 0 Å². The summed E-state index contributed by atoms with van der Waals surface area (Å²) in [6, 6.07) is 5.79. The van der Waals surface area contributed by atoms with Crippen LogP contribution in [-0.4, -0.2) is 154 Å². The van der Waals surface area contributed by atoms with Gasteiger partial charge in [0.25, 0.3) is 5.91 Å². The summed E-state index contributed by atoms with van der Waals surface area (Å²) in [4.78, 5) is 53.5. The highest BCUT2D eigenvalue weighted by Crippen LogP contribution is 2.37. The fourth-order valence-corrected chi connectivity index (χ4v) is 10.4. The quantitative estimate of drug-likeness (QED) is 0.0898. The molecule has 5 heterocycles. The lowest BCUT2D eigenvalue weighted by atomic mass is 9.93. The number of aliphatic hydroxyl groups excluding tert-OH is 1. The number of thioether (sulfide) groups is 2. The molecule has 7 rings (SSSR count). The summed E-state index contributed by atoms with van der Waals surface area (Å²) in [5.74, 6) is -4.82. The number of allylic oxidation sites excluding steroid dienone is 2. The Balaban J connectivity index is 0.000000275. The summed E-state index contributed by atoms with van der Waals surface area (Å²) in [5.41, 5.74) is 6.61. The Morgan fingerprint density at radius 2 is 1.29 bits per heavy atom. The number of nitrogens with zero attached hydrogens (tertiary/aromatic N) is 2. The summed E-state index contributed by atoms with van der Waals surface area (Å²) in [6.45, 7) is 20.6. The molecule has 5 fully saturated rings. The van der Waals surface area contributed by atoms with Crippen molar-refractivity contribution in [1.29, 1.82) is 0 Å². The average molecular weight is 1150 g/mol. The number of hydrogen-bond donors (Lipinski definition) is 3. The van der Waals surface area contributed by atoms with Crippen molar-refractivity contribution < 1.29 is 75.0 Å². The molecule has 77 heavy (non-hydrogen) atoms. The molecule has 23 heteroatoms. The molecule has 2 unspecified atom stereocenters. The number of carbonyl (C=O) groups excluding carboxylic acids is 4. The van der Waals surface area contributed by atoms with Gasteiger partial charge in [-0.2, -0.15) is 28.3 Å². The van der Waals surface area contributed by atoms with Gasteiger partial charge in [0.15, 0.2) is 47.1 Å². The molecule has 5 aliphatic heterocycles. The number of ether oxygens (including phenoxy) is 7. The van der Waals surface area contributed by atoms with Gasteiger partial charge in [0.1, 0.15) is 36.6 Å². The number of hydrogen-bond acceptors (Lipinski definition) is 15. The zero-order valence-corrected chi connectivity index (χ0v) is 48.0. The second-order valence-corrected chi connectivity index (χ2v) is 24.3. The van der Waals surface area contributed by atoms with E-state index in [1.165, 1.54) is 35.9 Å².